The fourth-order valence-corrected chi connectivity index (χ4v) is 3.77. The molecule has 0 saturated carbocycles. The number of alkyl halides is 3. The fraction of sp³-hybridized carbons (Fsp3) is 0.125. The van der Waals surface area contributed by atoms with Gasteiger partial charge in [0.1, 0.15) is 11.4 Å². The normalized spacial score (nSPS) is 11.6. The molecule has 0 radical (unpaired) electrons. The number of hydrogen-bond acceptors (Lipinski definition) is 2. The van der Waals surface area contributed by atoms with Crippen LogP contribution in [0, 0.1) is 0 Å². The lowest BCUT2D eigenvalue weighted by atomic mass is 10.0. The molecule has 0 saturated heterocycles. The van der Waals surface area contributed by atoms with E-state index in [9.17, 15) is 23.1 Å². The van der Waals surface area contributed by atoms with E-state index in [1.807, 2.05) is 6.07 Å². The fourth-order valence-electron chi connectivity index (χ4n) is 3.77. The summed E-state index contributed by atoms with van der Waals surface area (Å²) in [5.41, 5.74) is 1.43. The van der Waals surface area contributed by atoms with Crippen molar-refractivity contribution in [3.05, 3.63) is 89.6 Å². The van der Waals surface area contributed by atoms with Crippen LogP contribution in [0.25, 0.3) is 22.0 Å². The molecule has 7 heteroatoms. The quantitative estimate of drug-likeness (QED) is 0.421. The number of benzene rings is 3. The van der Waals surface area contributed by atoms with Gasteiger partial charge in [-0.2, -0.15) is 13.2 Å². The maximum absolute atomic E-state index is 13.1. The van der Waals surface area contributed by atoms with E-state index < -0.39 is 17.7 Å². The van der Waals surface area contributed by atoms with E-state index in [4.69, 9.17) is 4.74 Å². The predicted molar refractivity (Wildman–Crippen MR) is 111 cm³/mol. The SMILES string of the molecule is COc1ccc(-c2c(C(=O)O)n(Cc3cccc(C(F)(F)F)c3)c3ccccc23)cc1. The van der Waals surface area contributed by atoms with Crippen molar-refractivity contribution in [3.63, 3.8) is 0 Å². The number of aromatic nitrogens is 1. The zero-order valence-electron chi connectivity index (χ0n) is 16.5. The second kappa shape index (κ2) is 7.83. The number of methoxy groups -OCH3 is 1. The van der Waals surface area contributed by atoms with Gasteiger partial charge in [0.15, 0.2) is 0 Å². The summed E-state index contributed by atoms with van der Waals surface area (Å²) in [4.78, 5) is 12.3. The molecule has 1 aromatic heterocycles. The van der Waals surface area contributed by atoms with Gasteiger partial charge in [0, 0.05) is 23.0 Å². The summed E-state index contributed by atoms with van der Waals surface area (Å²) in [7, 11) is 1.54. The second-order valence-electron chi connectivity index (χ2n) is 7.06. The maximum Gasteiger partial charge on any atom is 0.416 e. The van der Waals surface area contributed by atoms with Gasteiger partial charge in [0.2, 0.25) is 0 Å². The van der Waals surface area contributed by atoms with Crippen LogP contribution in [0.15, 0.2) is 72.8 Å². The van der Waals surface area contributed by atoms with Gasteiger partial charge in [-0.05, 0) is 41.5 Å². The standard InChI is InChI=1S/C24H18F3NO3/c1-31-18-11-9-16(10-12-18)21-19-7-2-3-8-20(19)28(22(21)23(29)30)14-15-5-4-6-17(13-15)24(25,26)27/h2-13H,14H2,1H3,(H,29,30). The Balaban J connectivity index is 1.92. The third-order valence-electron chi connectivity index (χ3n) is 5.15. The number of carbonyl (C=O) groups is 1. The average molecular weight is 425 g/mol. The Kier molecular flexibility index (Phi) is 5.19. The molecular formula is C24H18F3NO3. The predicted octanol–water partition coefficient (Wildman–Crippen LogP) is 6.08. The Bertz CT molecular complexity index is 1260. The van der Waals surface area contributed by atoms with Crippen LogP contribution in [0.4, 0.5) is 13.2 Å². The molecule has 3 aromatic carbocycles. The Morgan fingerprint density at radius 1 is 1.00 bits per heavy atom. The lowest BCUT2D eigenvalue weighted by Crippen LogP contribution is -2.11. The Morgan fingerprint density at radius 3 is 2.35 bits per heavy atom. The van der Waals surface area contributed by atoms with Gasteiger partial charge in [0.25, 0.3) is 0 Å². The van der Waals surface area contributed by atoms with Crippen molar-refractivity contribution in [2.24, 2.45) is 0 Å². The Labute approximate surface area is 176 Å². The van der Waals surface area contributed by atoms with Crippen molar-refractivity contribution >= 4 is 16.9 Å². The van der Waals surface area contributed by atoms with E-state index in [1.165, 1.54) is 6.07 Å². The summed E-state index contributed by atoms with van der Waals surface area (Å²) in [5.74, 6) is -0.526. The number of carboxylic acids is 1. The topological polar surface area (TPSA) is 51.5 Å². The van der Waals surface area contributed by atoms with E-state index in [1.54, 1.807) is 60.2 Å². The molecule has 4 aromatic rings. The van der Waals surface area contributed by atoms with Crippen LogP contribution >= 0.6 is 0 Å². The number of fused-ring (bicyclic) bond motifs is 1. The van der Waals surface area contributed by atoms with Gasteiger partial charge < -0.3 is 14.4 Å². The smallest absolute Gasteiger partial charge is 0.416 e. The lowest BCUT2D eigenvalue weighted by molar-refractivity contribution is -0.137. The van der Waals surface area contributed by atoms with Gasteiger partial charge in [-0.1, -0.05) is 42.5 Å². The molecular weight excluding hydrogens is 407 g/mol. The molecule has 0 aliphatic heterocycles. The van der Waals surface area contributed by atoms with Crippen LogP contribution in [0.3, 0.4) is 0 Å². The largest absolute Gasteiger partial charge is 0.497 e. The van der Waals surface area contributed by atoms with E-state index in [2.05, 4.69) is 0 Å². The van der Waals surface area contributed by atoms with Crippen LogP contribution in [0.2, 0.25) is 0 Å². The summed E-state index contributed by atoms with van der Waals surface area (Å²) >= 11 is 0. The molecule has 1 N–H and O–H groups in total. The third-order valence-corrected chi connectivity index (χ3v) is 5.15. The first-order valence-corrected chi connectivity index (χ1v) is 9.44. The molecule has 4 nitrogen and oxygen atoms in total. The minimum Gasteiger partial charge on any atom is -0.497 e. The molecule has 0 aliphatic rings. The highest BCUT2D eigenvalue weighted by molar-refractivity contribution is 6.08. The summed E-state index contributed by atoms with van der Waals surface area (Å²) in [5, 5.41) is 10.8. The lowest BCUT2D eigenvalue weighted by Gasteiger charge is -2.12. The number of nitrogens with zero attached hydrogens (tertiary/aromatic N) is 1. The van der Waals surface area contributed by atoms with E-state index >= 15 is 0 Å². The molecule has 0 fully saturated rings. The molecule has 0 aliphatic carbocycles. The van der Waals surface area contributed by atoms with Crippen LogP contribution in [-0.2, 0) is 12.7 Å². The van der Waals surface area contributed by atoms with Crippen LogP contribution < -0.4 is 4.74 Å². The first-order chi connectivity index (χ1) is 14.8. The number of ether oxygens (including phenoxy) is 1. The van der Waals surface area contributed by atoms with Crippen molar-refractivity contribution in [1.82, 2.24) is 4.57 Å². The monoisotopic (exact) mass is 425 g/mol. The molecule has 158 valence electrons. The molecule has 0 atom stereocenters. The highest BCUT2D eigenvalue weighted by Crippen LogP contribution is 2.37. The molecule has 0 unspecified atom stereocenters. The summed E-state index contributed by atoms with van der Waals surface area (Å²) in [6, 6.07) is 19.1. The third kappa shape index (κ3) is 3.86. The van der Waals surface area contributed by atoms with Gasteiger partial charge in [0.05, 0.1) is 12.7 Å². The van der Waals surface area contributed by atoms with Crippen LogP contribution in [-0.4, -0.2) is 22.8 Å². The Morgan fingerprint density at radius 2 is 1.71 bits per heavy atom. The Hall–Kier alpha value is -3.74. The molecule has 1 heterocycles. The van der Waals surface area contributed by atoms with Crippen molar-refractivity contribution in [3.8, 4) is 16.9 Å². The summed E-state index contributed by atoms with van der Waals surface area (Å²) in [6.07, 6.45) is -4.47. The van der Waals surface area contributed by atoms with E-state index in [0.29, 0.717) is 33.3 Å². The second-order valence-corrected chi connectivity index (χ2v) is 7.06. The minimum atomic E-state index is -4.47. The van der Waals surface area contributed by atoms with Crippen molar-refractivity contribution in [2.75, 3.05) is 7.11 Å². The van der Waals surface area contributed by atoms with Gasteiger partial charge >= 0.3 is 12.1 Å². The number of halogens is 3. The summed E-state index contributed by atoms with van der Waals surface area (Å²) in [6.45, 7) is -0.0117. The van der Waals surface area contributed by atoms with Crippen molar-refractivity contribution in [1.29, 1.82) is 0 Å². The van der Waals surface area contributed by atoms with Crippen LogP contribution in [0.1, 0.15) is 21.6 Å². The van der Waals surface area contributed by atoms with E-state index in [-0.39, 0.29) is 12.2 Å². The maximum atomic E-state index is 13.1. The zero-order valence-corrected chi connectivity index (χ0v) is 16.5. The first kappa shape index (κ1) is 20.5. The highest BCUT2D eigenvalue weighted by atomic mass is 19.4. The van der Waals surface area contributed by atoms with Gasteiger partial charge in [-0.15, -0.1) is 0 Å². The zero-order chi connectivity index (χ0) is 22.2. The number of rotatable bonds is 5. The highest BCUT2D eigenvalue weighted by Gasteiger charge is 2.30. The minimum absolute atomic E-state index is 0.0117. The first-order valence-electron chi connectivity index (χ1n) is 9.44. The molecule has 31 heavy (non-hydrogen) atoms. The average Bonchev–Trinajstić information content (AvgIpc) is 3.08. The van der Waals surface area contributed by atoms with Crippen molar-refractivity contribution < 1.29 is 27.8 Å². The number of aromatic carboxylic acids is 1. The number of carboxylic acid groups (broad SMARTS) is 1. The van der Waals surface area contributed by atoms with Gasteiger partial charge in [-0.25, -0.2) is 4.79 Å². The number of para-hydroxylation sites is 1. The molecule has 4 rings (SSSR count). The molecule has 0 amide bonds. The van der Waals surface area contributed by atoms with Gasteiger partial charge in [-0.3, -0.25) is 0 Å². The summed E-state index contributed by atoms with van der Waals surface area (Å²) < 4.78 is 46.2. The van der Waals surface area contributed by atoms with E-state index in [0.717, 1.165) is 12.1 Å². The molecule has 0 bridgehead atoms. The molecule has 0 spiro atoms. The van der Waals surface area contributed by atoms with Crippen molar-refractivity contribution in [2.45, 2.75) is 12.7 Å². The number of hydrogen-bond donors (Lipinski definition) is 1. The van der Waals surface area contributed by atoms with Crippen LogP contribution in [0.5, 0.6) is 5.75 Å².